The zero-order valence-electron chi connectivity index (χ0n) is 14.7. The number of benzene rings is 2. The molecule has 5 nitrogen and oxygen atoms in total. The zero-order valence-corrected chi connectivity index (χ0v) is 15.5. The van der Waals surface area contributed by atoms with E-state index in [1.165, 1.54) is 36.0 Å². The van der Waals surface area contributed by atoms with Crippen LogP contribution in [0, 0.1) is 11.6 Å². The Kier molecular flexibility index (Phi) is 6.41. The summed E-state index contributed by atoms with van der Waals surface area (Å²) >= 11 is 1.35. The Morgan fingerprint density at radius 1 is 1.07 bits per heavy atom. The van der Waals surface area contributed by atoms with Gasteiger partial charge in [-0.3, -0.25) is 4.57 Å². The number of ether oxygens (including phenoxy) is 1. The largest absolute Gasteiger partial charge is 0.385 e. The fraction of sp³-hybridized carbons (Fsp3) is 0.263. The lowest BCUT2D eigenvalue weighted by molar-refractivity contribution is 0.189. The fourth-order valence-corrected chi connectivity index (χ4v) is 3.86. The third-order valence-corrected chi connectivity index (χ3v) is 5.32. The summed E-state index contributed by atoms with van der Waals surface area (Å²) in [6.45, 7) is 0.992. The number of nitrogens with one attached hydrogen (secondary N) is 1. The van der Waals surface area contributed by atoms with Gasteiger partial charge < -0.3 is 4.74 Å². The molecule has 0 fully saturated rings. The van der Waals surface area contributed by atoms with Crippen LogP contribution in [0.3, 0.4) is 0 Å². The topological polar surface area (TPSA) is 59.9 Å². The molecule has 1 aromatic heterocycles. The van der Waals surface area contributed by atoms with Gasteiger partial charge in [0.25, 0.3) is 0 Å². The maximum atomic E-state index is 13.3. The van der Waals surface area contributed by atoms with E-state index >= 15 is 0 Å². The monoisotopic (exact) mass is 391 g/mol. The van der Waals surface area contributed by atoms with Crippen LogP contribution in [0.15, 0.2) is 58.5 Å². The van der Waals surface area contributed by atoms with E-state index in [4.69, 9.17) is 4.74 Å². The molecule has 1 heterocycles. The maximum Gasteiger partial charge on any atom is 0.343 e. The van der Waals surface area contributed by atoms with Gasteiger partial charge in [-0.2, -0.15) is 0 Å². The van der Waals surface area contributed by atoms with Crippen LogP contribution in [0.1, 0.15) is 22.8 Å². The van der Waals surface area contributed by atoms with Crippen molar-refractivity contribution in [2.45, 2.75) is 23.4 Å². The Morgan fingerprint density at radius 3 is 2.15 bits per heavy atom. The zero-order chi connectivity index (χ0) is 19.2. The predicted octanol–water partition coefficient (Wildman–Crippen LogP) is 3.77. The molecule has 0 bridgehead atoms. The number of thioether (sulfide) groups is 1. The molecule has 0 saturated carbocycles. The molecule has 0 unspecified atom stereocenters. The lowest BCUT2D eigenvalue weighted by atomic mass is 10.0. The Balaban J connectivity index is 1.93. The molecule has 1 N–H and O–H groups in total. The van der Waals surface area contributed by atoms with Gasteiger partial charge in [-0.15, -0.1) is 5.10 Å². The van der Waals surface area contributed by atoms with E-state index in [0.717, 1.165) is 11.1 Å². The molecule has 3 rings (SSSR count). The highest BCUT2D eigenvalue weighted by Crippen LogP contribution is 2.39. The van der Waals surface area contributed by atoms with Gasteiger partial charge in [-0.25, -0.2) is 18.7 Å². The van der Waals surface area contributed by atoms with Crippen LogP contribution in [-0.4, -0.2) is 28.5 Å². The van der Waals surface area contributed by atoms with Crippen LogP contribution in [-0.2, 0) is 11.3 Å². The molecule has 0 aliphatic carbocycles. The van der Waals surface area contributed by atoms with Gasteiger partial charge >= 0.3 is 5.69 Å². The summed E-state index contributed by atoms with van der Waals surface area (Å²) in [5.74, 6) is -0.671. The van der Waals surface area contributed by atoms with E-state index in [0.29, 0.717) is 24.7 Å². The molecule has 0 aliphatic rings. The first kappa shape index (κ1) is 19.3. The first-order valence-corrected chi connectivity index (χ1v) is 9.28. The molecule has 0 saturated heterocycles. The summed E-state index contributed by atoms with van der Waals surface area (Å²) in [7, 11) is 1.60. The second kappa shape index (κ2) is 8.96. The van der Waals surface area contributed by atoms with Crippen LogP contribution in [0.4, 0.5) is 8.78 Å². The molecular formula is C19H19F2N3O2S. The molecule has 8 heteroatoms. The van der Waals surface area contributed by atoms with Crippen molar-refractivity contribution in [3.63, 3.8) is 0 Å². The summed E-state index contributed by atoms with van der Waals surface area (Å²) in [5.41, 5.74) is 1.35. The molecule has 2 aromatic carbocycles. The molecule has 0 aliphatic heterocycles. The van der Waals surface area contributed by atoms with Gasteiger partial charge in [0.15, 0.2) is 5.16 Å². The predicted molar refractivity (Wildman–Crippen MR) is 99.8 cm³/mol. The number of hydrogen-bond donors (Lipinski definition) is 1. The van der Waals surface area contributed by atoms with Crippen molar-refractivity contribution in [3.8, 4) is 0 Å². The number of rotatable bonds is 8. The van der Waals surface area contributed by atoms with Crippen molar-refractivity contribution < 1.29 is 13.5 Å². The van der Waals surface area contributed by atoms with Crippen molar-refractivity contribution in [2.75, 3.05) is 13.7 Å². The Morgan fingerprint density at radius 2 is 1.63 bits per heavy atom. The van der Waals surface area contributed by atoms with Crippen LogP contribution in [0.25, 0.3) is 0 Å². The molecule has 3 aromatic rings. The average molecular weight is 391 g/mol. The van der Waals surface area contributed by atoms with Gasteiger partial charge in [0, 0.05) is 20.3 Å². The number of nitrogens with zero attached hydrogens (tertiary/aromatic N) is 2. The summed E-state index contributed by atoms with van der Waals surface area (Å²) in [6, 6.07) is 12.2. The van der Waals surface area contributed by atoms with Gasteiger partial charge in [-0.1, -0.05) is 36.0 Å². The Bertz CT molecular complexity index is 878. The minimum absolute atomic E-state index is 0.275. The second-order valence-electron chi connectivity index (χ2n) is 5.91. The van der Waals surface area contributed by atoms with E-state index in [2.05, 4.69) is 10.2 Å². The summed E-state index contributed by atoms with van der Waals surface area (Å²) in [6.07, 6.45) is 0.668. The van der Waals surface area contributed by atoms with Crippen molar-refractivity contribution in [2.24, 2.45) is 0 Å². The van der Waals surface area contributed by atoms with Gasteiger partial charge in [0.2, 0.25) is 0 Å². The minimum atomic E-state index is -0.335. The van der Waals surface area contributed by atoms with Crippen molar-refractivity contribution in [1.29, 1.82) is 0 Å². The summed E-state index contributed by atoms with van der Waals surface area (Å²) in [4.78, 5) is 12.1. The smallest absolute Gasteiger partial charge is 0.343 e. The van der Waals surface area contributed by atoms with Crippen LogP contribution < -0.4 is 5.69 Å². The van der Waals surface area contributed by atoms with Gasteiger partial charge in [-0.05, 0) is 41.8 Å². The highest BCUT2D eigenvalue weighted by molar-refractivity contribution is 7.99. The first-order chi connectivity index (χ1) is 13.1. The molecule has 142 valence electrons. The Hall–Kier alpha value is -2.45. The van der Waals surface area contributed by atoms with Gasteiger partial charge in [0.1, 0.15) is 11.6 Å². The van der Waals surface area contributed by atoms with E-state index in [1.54, 1.807) is 35.9 Å². The van der Waals surface area contributed by atoms with E-state index in [-0.39, 0.29) is 22.6 Å². The van der Waals surface area contributed by atoms with Crippen molar-refractivity contribution >= 4 is 11.8 Å². The molecule has 0 spiro atoms. The fourth-order valence-electron chi connectivity index (χ4n) is 2.67. The number of hydrogen-bond acceptors (Lipinski definition) is 4. The number of methoxy groups -OCH3 is 1. The third-order valence-electron chi connectivity index (χ3n) is 4.02. The van der Waals surface area contributed by atoms with Crippen molar-refractivity contribution in [3.05, 3.63) is 81.8 Å². The molecule has 27 heavy (non-hydrogen) atoms. The molecule has 0 amide bonds. The van der Waals surface area contributed by atoms with E-state index < -0.39 is 0 Å². The third kappa shape index (κ3) is 4.84. The molecular weight excluding hydrogens is 372 g/mol. The summed E-state index contributed by atoms with van der Waals surface area (Å²) < 4.78 is 33.3. The molecule has 0 atom stereocenters. The SMILES string of the molecule is COCCCn1c(SC(c2ccc(F)cc2)c2ccc(F)cc2)n[nH]c1=O. The number of H-pyrrole nitrogens is 1. The highest BCUT2D eigenvalue weighted by atomic mass is 32.2. The average Bonchev–Trinajstić information content (AvgIpc) is 3.01. The van der Waals surface area contributed by atoms with Crippen LogP contribution in [0.2, 0.25) is 0 Å². The van der Waals surface area contributed by atoms with E-state index in [1.807, 2.05) is 0 Å². The first-order valence-electron chi connectivity index (χ1n) is 8.40. The number of aromatic amines is 1. The van der Waals surface area contributed by atoms with Gasteiger partial charge in [0.05, 0.1) is 5.25 Å². The quantitative estimate of drug-likeness (QED) is 0.469. The minimum Gasteiger partial charge on any atom is -0.385 e. The number of aromatic nitrogens is 3. The maximum absolute atomic E-state index is 13.3. The standard InChI is InChI=1S/C19H19F2N3O2S/c1-26-12-2-11-24-18(25)22-23-19(24)27-17(13-3-7-15(20)8-4-13)14-5-9-16(21)10-6-14/h3-10,17H,2,11-12H2,1H3,(H,22,25). The Labute approximate surface area is 159 Å². The van der Waals surface area contributed by atoms with Crippen LogP contribution >= 0.6 is 11.8 Å². The highest BCUT2D eigenvalue weighted by Gasteiger charge is 2.20. The lowest BCUT2D eigenvalue weighted by Crippen LogP contribution is -2.18. The summed E-state index contributed by atoms with van der Waals surface area (Å²) in [5, 5.41) is 6.82. The number of halogens is 2. The van der Waals surface area contributed by atoms with Crippen LogP contribution in [0.5, 0.6) is 0 Å². The van der Waals surface area contributed by atoms with Crippen molar-refractivity contribution in [1.82, 2.24) is 14.8 Å². The second-order valence-corrected chi connectivity index (χ2v) is 6.98. The molecule has 0 radical (unpaired) electrons. The van der Waals surface area contributed by atoms with E-state index in [9.17, 15) is 13.6 Å². The normalized spacial score (nSPS) is 11.3. The lowest BCUT2D eigenvalue weighted by Gasteiger charge is -2.17.